The number of likely N-dealkylation sites (tertiary alicyclic amines) is 1. The van der Waals surface area contributed by atoms with Crippen LogP contribution in [-0.4, -0.2) is 41.4 Å². The van der Waals surface area contributed by atoms with Crippen LogP contribution >= 0.6 is 0 Å². The smallest absolute Gasteiger partial charge is 0.416 e. The van der Waals surface area contributed by atoms with Gasteiger partial charge in [-0.25, -0.2) is 4.79 Å². The molecule has 0 N–H and O–H groups in total. The molecule has 2 rings (SSSR count). The summed E-state index contributed by atoms with van der Waals surface area (Å²) in [5.41, 5.74) is -1.52. The highest BCUT2D eigenvalue weighted by Crippen LogP contribution is 2.29. The predicted octanol–water partition coefficient (Wildman–Crippen LogP) is 3.69. The van der Waals surface area contributed by atoms with E-state index in [2.05, 4.69) is 0 Å². The largest absolute Gasteiger partial charge is 0.458 e. The van der Waals surface area contributed by atoms with Gasteiger partial charge in [-0.2, -0.15) is 13.2 Å². The zero-order chi connectivity index (χ0) is 18.8. The molecule has 1 heterocycles. The van der Waals surface area contributed by atoms with Gasteiger partial charge < -0.3 is 4.74 Å². The first-order valence-electron chi connectivity index (χ1n) is 8.17. The molecule has 1 aromatic rings. The topological polar surface area (TPSA) is 46.6 Å². The maximum Gasteiger partial charge on any atom is 0.416 e. The Morgan fingerprint density at radius 1 is 1.04 bits per heavy atom. The number of rotatable bonds is 4. The lowest BCUT2D eigenvalue weighted by atomic mass is 10.0. The van der Waals surface area contributed by atoms with Gasteiger partial charge >= 0.3 is 12.1 Å². The Kier molecular flexibility index (Phi) is 5.56. The van der Waals surface area contributed by atoms with Crippen LogP contribution in [0, 0.1) is 0 Å². The molecule has 1 aliphatic heterocycles. The summed E-state index contributed by atoms with van der Waals surface area (Å²) in [6, 6.07) is 2.79. The van der Waals surface area contributed by atoms with Crippen molar-refractivity contribution in [3.8, 4) is 0 Å². The fourth-order valence-corrected chi connectivity index (χ4v) is 2.76. The molecule has 0 aliphatic carbocycles. The molecule has 25 heavy (non-hydrogen) atoms. The quantitative estimate of drug-likeness (QED) is 0.468. The number of benzene rings is 1. The molecular formula is C18H22F3NO3. The number of carbonyl (C=O) groups is 2. The Hall–Kier alpha value is -1.89. The summed E-state index contributed by atoms with van der Waals surface area (Å²) in [5, 5.41) is 0. The van der Waals surface area contributed by atoms with Gasteiger partial charge in [-0.05, 0) is 58.8 Å². The van der Waals surface area contributed by atoms with E-state index in [1.165, 1.54) is 0 Å². The van der Waals surface area contributed by atoms with Gasteiger partial charge in [0.2, 0.25) is 0 Å². The maximum absolute atomic E-state index is 12.8. The van der Waals surface area contributed by atoms with Crippen LogP contribution in [-0.2, 0) is 15.7 Å². The lowest BCUT2D eigenvalue weighted by Crippen LogP contribution is -2.48. The van der Waals surface area contributed by atoms with Crippen LogP contribution in [0.4, 0.5) is 13.2 Å². The van der Waals surface area contributed by atoms with E-state index < -0.39 is 35.1 Å². The summed E-state index contributed by atoms with van der Waals surface area (Å²) in [6.45, 7) is 6.27. The highest BCUT2D eigenvalue weighted by atomic mass is 19.4. The number of esters is 1. The maximum atomic E-state index is 12.8. The van der Waals surface area contributed by atoms with Crippen molar-refractivity contribution >= 4 is 11.8 Å². The van der Waals surface area contributed by atoms with Gasteiger partial charge in [0.1, 0.15) is 5.60 Å². The van der Waals surface area contributed by atoms with E-state index in [4.69, 9.17) is 4.74 Å². The summed E-state index contributed by atoms with van der Waals surface area (Å²) < 4.78 is 43.4. The number of alkyl halides is 3. The van der Waals surface area contributed by atoms with E-state index in [1.807, 2.05) is 0 Å². The van der Waals surface area contributed by atoms with Gasteiger partial charge in [0.25, 0.3) is 0 Å². The Balaban J connectivity index is 2.27. The first-order valence-corrected chi connectivity index (χ1v) is 8.17. The monoisotopic (exact) mass is 357 g/mol. The van der Waals surface area contributed by atoms with Gasteiger partial charge in [-0.15, -0.1) is 0 Å². The third kappa shape index (κ3) is 5.04. The Morgan fingerprint density at radius 3 is 2.00 bits per heavy atom. The van der Waals surface area contributed by atoms with Crippen LogP contribution in [0.1, 0.15) is 49.5 Å². The predicted molar refractivity (Wildman–Crippen MR) is 86.2 cm³/mol. The minimum atomic E-state index is -4.47. The molecule has 4 nitrogen and oxygen atoms in total. The van der Waals surface area contributed by atoms with Crippen molar-refractivity contribution in [2.75, 3.05) is 13.1 Å². The molecule has 0 aromatic heterocycles. The Morgan fingerprint density at radius 2 is 1.56 bits per heavy atom. The normalized spacial score (nSPS) is 17.4. The Labute approximate surface area is 144 Å². The first-order chi connectivity index (χ1) is 11.5. The third-order valence-electron chi connectivity index (χ3n) is 3.88. The zero-order valence-electron chi connectivity index (χ0n) is 14.5. The second-order valence-corrected chi connectivity index (χ2v) is 7.12. The molecule has 1 unspecified atom stereocenters. The summed E-state index contributed by atoms with van der Waals surface area (Å²) in [7, 11) is 0. The summed E-state index contributed by atoms with van der Waals surface area (Å²) in [6.07, 6.45) is -2.75. The number of Topliss-reactive ketones (excluding diaryl/α,β-unsaturated/α-hetero) is 1. The summed E-state index contributed by atoms with van der Waals surface area (Å²) in [4.78, 5) is 27.0. The summed E-state index contributed by atoms with van der Waals surface area (Å²) >= 11 is 0. The fourth-order valence-electron chi connectivity index (χ4n) is 2.76. The number of hydrogen-bond donors (Lipinski definition) is 0. The zero-order valence-corrected chi connectivity index (χ0v) is 14.5. The van der Waals surface area contributed by atoms with Crippen molar-refractivity contribution in [1.29, 1.82) is 0 Å². The SMILES string of the molecule is CC(C)(C)OC(=O)C(C(=O)c1ccc(C(F)(F)F)cc1)N1CCCC1. The van der Waals surface area contributed by atoms with Gasteiger partial charge in [-0.3, -0.25) is 9.69 Å². The minimum absolute atomic E-state index is 0.0655. The van der Waals surface area contributed by atoms with Gasteiger partial charge in [0, 0.05) is 5.56 Å². The van der Waals surface area contributed by atoms with Crippen molar-refractivity contribution in [1.82, 2.24) is 4.90 Å². The van der Waals surface area contributed by atoms with E-state index in [0.717, 1.165) is 37.1 Å². The number of carbonyl (C=O) groups excluding carboxylic acids is 2. The fraction of sp³-hybridized carbons (Fsp3) is 0.556. The highest BCUT2D eigenvalue weighted by molar-refractivity contribution is 6.12. The van der Waals surface area contributed by atoms with Gasteiger partial charge in [0.15, 0.2) is 11.8 Å². The van der Waals surface area contributed by atoms with Crippen molar-refractivity contribution in [3.63, 3.8) is 0 Å². The van der Waals surface area contributed by atoms with Gasteiger partial charge in [0.05, 0.1) is 5.56 Å². The van der Waals surface area contributed by atoms with E-state index in [0.29, 0.717) is 13.1 Å². The molecule has 1 atom stereocenters. The van der Waals surface area contributed by atoms with Crippen LogP contribution in [0.5, 0.6) is 0 Å². The van der Waals surface area contributed by atoms with Crippen molar-refractivity contribution in [2.45, 2.75) is 51.4 Å². The second kappa shape index (κ2) is 7.15. The molecule has 138 valence electrons. The lowest BCUT2D eigenvalue weighted by molar-refractivity contribution is -0.159. The number of ketones is 1. The van der Waals surface area contributed by atoms with Gasteiger partial charge in [-0.1, -0.05) is 12.1 Å². The average Bonchev–Trinajstić information content (AvgIpc) is 2.98. The molecular weight excluding hydrogens is 335 g/mol. The molecule has 0 amide bonds. The number of nitrogens with zero attached hydrogens (tertiary/aromatic N) is 1. The molecule has 1 aromatic carbocycles. The Bertz CT molecular complexity index is 626. The standard InChI is InChI=1S/C18H22F3NO3/c1-17(2,3)25-16(24)14(22-10-4-5-11-22)15(23)12-6-8-13(9-7-12)18(19,20)21/h6-9,14H,4-5,10-11H2,1-3H3. The molecule has 0 bridgehead atoms. The van der Waals surface area contributed by atoms with Crippen molar-refractivity contribution in [3.05, 3.63) is 35.4 Å². The lowest BCUT2D eigenvalue weighted by Gasteiger charge is -2.28. The van der Waals surface area contributed by atoms with Crippen LogP contribution in [0.3, 0.4) is 0 Å². The summed E-state index contributed by atoms with van der Waals surface area (Å²) in [5.74, 6) is -1.20. The number of ether oxygens (including phenoxy) is 1. The third-order valence-corrected chi connectivity index (χ3v) is 3.88. The molecule has 1 fully saturated rings. The van der Waals surface area contributed by atoms with Crippen LogP contribution < -0.4 is 0 Å². The second-order valence-electron chi connectivity index (χ2n) is 7.12. The minimum Gasteiger partial charge on any atom is -0.458 e. The number of hydrogen-bond acceptors (Lipinski definition) is 4. The number of halogens is 3. The first kappa shape index (κ1) is 19.4. The molecule has 0 saturated carbocycles. The molecule has 0 spiro atoms. The molecule has 0 radical (unpaired) electrons. The van der Waals surface area contributed by atoms with E-state index in [9.17, 15) is 22.8 Å². The van der Waals surface area contributed by atoms with Crippen molar-refractivity contribution < 1.29 is 27.5 Å². The van der Waals surface area contributed by atoms with Crippen LogP contribution in [0.25, 0.3) is 0 Å². The van der Waals surface area contributed by atoms with E-state index in [1.54, 1.807) is 25.7 Å². The van der Waals surface area contributed by atoms with Crippen LogP contribution in [0.2, 0.25) is 0 Å². The highest BCUT2D eigenvalue weighted by Gasteiger charge is 2.38. The van der Waals surface area contributed by atoms with Crippen molar-refractivity contribution in [2.24, 2.45) is 0 Å². The van der Waals surface area contributed by atoms with E-state index >= 15 is 0 Å². The van der Waals surface area contributed by atoms with E-state index in [-0.39, 0.29) is 5.56 Å². The molecule has 7 heteroatoms. The molecule has 1 saturated heterocycles. The average molecular weight is 357 g/mol. The molecule has 1 aliphatic rings. The van der Waals surface area contributed by atoms with Crippen LogP contribution in [0.15, 0.2) is 24.3 Å².